The van der Waals surface area contributed by atoms with Crippen LogP contribution in [0.3, 0.4) is 0 Å². The summed E-state index contributed by atoms with van der Waals surface area (Å²) in [7, 11) is -4.08. The normalized spacial score (nSPS) is 16.0. The molecule has 3 aromatic carbocycles. The Balaban J connectivity index is 1.34. The van der Waals surface area contributed by atoms with E-state index in [4.69, 9.17) is 11.6 Å². The first kappa shape index (κ1) is 27.3. The first-order valence-electron chi connectivity index (χ1n) is 13.0. The fourth-order valence-electron chi connectivity index (χ4n) is 5.14. The van der Waals surface area contributed by atoms with Gasteiger partial charge in [0.05, 0.1) is 22.6 Å². The van der Waals surface area contributed by atoms with Gasteiger partial charge in [0.1, 0.15) is 6.04 Å². The summed E-state index contributed by atoms with van der Waals surface area (Å²) in [5.41, 5.74) is 3.38. The minimum atomic E-state index is -4.08. The van der Waals surface area contributed by atoms with Crippen molar-refractivity contribution in [2.24, 2.45) is 0 Å². The third-order valence-corrected chi connectivity index (χ3v) is 9.92. The van der Waals surface area contributed by atoms with Crippen LogP contribution in [0.15, 0.2) is 106 Å². The molecule has 1 unspecified atom stereocenters. The highest BCUT2D eigenvalue weighted by Crippen LogP contribution is 2.31. The van der Waals surface area contributed by atoms with Crippen molar-refractivity contribution >= 4 is 55.3 Å². The molecule has 1 amide bonds. The standard InChI is InChI=1S/C30H25ClN4O4S2/c31-23-8-6-22-17-27(13-7-21(22)16-23)41(38,39)35(18-24-19-40-20-32-24)28-4-3-15-34(30(28)37)26-11-9-25(10-12-26)33-14-2-1-5-29(33)36/h1-2,5-14,16-17,19-20,28H,3-4,15,18H2. The van der Waals surface area contributed by atoms with Crippen molar-refractivity contribution in [2.45, 2.75) is 30.3 Å². The number of pyridine rings is 1. The lowest BCUT2D eigenvalue weighted by Crippen LogP contribution is -2.54. The van der Waals surface area contributed by atoms with Crippen molar-refractivity contribution in [3.8, 4) is 5.69 Å². The molecule has 1 fully saturated rings. The van der Waals surface area contributed by atoms with Gasteiger partial charge in [0.25, 0.3) is 5.56 Å². The summed E-state index contributed by atoms with van der Waals surface area (Å²) in [4.78, 5) is 32.2. The number of carbonyl (C=O) groups excluding carboxylic acids is 1. The molecule has 1 atom stereocenters. The molecule has 3 heterocycles. The number of hydrogen-bond donors (Lipinski definition) is 0. The quantitative estimate of drug-likeness (QED) is 0.245. The molecule has 0 radical (unpaired) electrons. The first-order chi connectivity index (χ1) is 19.8. The van der Waals surface area contributed by atoms with Gasteiger partial charge in [0, 0.05) is 40.6 Å². The van der Waals surface area contributed by atoms with E-state index in [0.29, 0.717) is 41.5 Å². The molecule has 0 aliphatic carbocycles. The van der Waals surface area contributed by atoms with Gasteiger partial charge in [0.15, 0.2) is 0 Å². The van der Waals surface area contributed by atoms with Crippen LogP contribution in [0.25, 0.3) is 16.5 Å². The summed E-state index contributed by atoms with van der Waals surface area (Å²) in [5, 5.41) is 3.91. The molecule has 2 aromatic heterocycles. The lowest BCUT2D eigenvalue weighted by atomic mass is 10.0. The number of sulfonamides is 1. The fraction of sp³-hybridized carbons (Fsp3) is 0.167. The monoisotopic (exact) mass is 604 g/mol. The van der Waals surface area contributed by atoms with Gasteiger partial charge in [0.2, 0.25) is 15.9 Å². The lowest BCUT2D eigenvalue weighted by Gasteiger charge is -2.37. The molecule has 0 N–H and O–H groups in total. The Labute approximate surface area is 246 Å². The molecule has 0 spiro atoms. The largest absolute Gasteiger partial charge is 0.311 e. The van der Waals surface area contributed by atoms with Crippen molar-refractivity contribution in [1.29, 1.82) is 0 Å². The fourth-order valence-corrected chi connectivity index (χ4v) is 7.49. The number of aromatic nitrogens is 2. The lowest BCUT2D eigenvalue weighted by molar-refractivity contribution is -0.123. The van der Waals surface area contributed by atoms with E-state index in [2.05, 4.69) is 4.98 Å². The predicted molar refractivity (Wildman–Crippen MR) is 161 cm³/mol. The maximum atomic E-state index is 14.2. The third kappa shape index (κ3) is 5.43. The van der Waals surface area contributed by atoms with E-state index in [-0.39, 0.29) is 22.9 Å². The van der Waals surface area contributed by atoms with E-state index in [9.17, 15) is 18.0 Å². The number of hydrogen-bond acceptors (Lipinski definition) is 6. The minimum absolute atomic E-state index is 0.0232. The van der Waals surface area contributed by atoms with Gasteiger partial charge in [-0.1, -0.05) is 29.8 Å². The van der Waals surface area contributed by atoms with E-state index in [0.717, 1.165) is 10.8 Å². The number of anilines is 1. The van der Waals surface area contributed by atoms with Crippen LogP contribution in [-0.2, 0) is 21.4 Å². The number of piperidine rings is 1. The van der Waals surface area contributed by atoms with Gasteiger partial charge in [-0.15, -0.1) is 11.3 Å². The second-order valence-corrected chi connectivity index (χ2v) is 12.8. The number of fused-ring (bicyclic) bond motifs is 1. The average Bonchev–Trinajstić information content (AvgIpc) is 3.50. The Morgan fingerprint density at radius 3 is 2.46 bits per heavy atom. The maximum Gasteiger partial charge on any atom is 0.255 e. The Kier molecular flexibility index (Phi) is 7.48. The van der Waals surface area contributed by atoms with Crippen molar-refractivity contribution in [1.82, 2.24) is 13.9 Å². The van der Waals surface area contributed by atoms with Crippen molar-refractivity contribution < 1.29 is 13.2 Å². The number of carbonyl (C=O) groups is 1. The minimum Gasteiger partial charge on any atom is -0.311 e. The smallest absolute Gasteiger partial charge is 0.255 e. The zero-order chi connectivity index (χ0) is 28.6. The summed E-state index contributed by atoms with van der Waals surface area (Å²) in [5.74, 6) is -0.299. The number of nitrogens with zero attached hydrogens (tertiary/aromatic N) is 4. The molecule has 208 valence electrons. The molecule has 1 saturated heterocycles. The number of thiazole rings is 1. The summed E-state index contributed by atoms with van der Waals surface area (Å²) >= 11 is 7.49. The molecule has 41 heavy (non-hydrogen) atoms. The second-order valence-electron chi connectivity index (χ2n) is 9.76. The molecule has 1 aliphatic rings. The Bertz CT molecular complexity index is 1890. The highest BCUT2D eigenvalue weighted by Gasteiger charge is 2.40. The topological polar surface area (TPSA) is 92.6 Å². The van der Waals surface area contributed by atoms with Crippen LogP contribution in [0, 0.1) is 0 Å². The van der Waals surface area contributed by atoms with Gasteiger partial charge in [-0.25, -0.2) is 13.4 Å². The molecule has 1 aliphatic heterocycles. The Hall–Kier alpha value is -3.83. The summed E-state index contributed by atoms with van der Waals surface area (Å²) in [6.45, 7) is 0.436. The van der Waals surface area contributed by atoms with Crippen molar-refractivity contribution in [3.63, 3.8) is 0 Å². The van der Waals surface area contributed by atoms with Crippen LogP contribution in [0.1, 0.15) is 18.5 Å². The number of halogens is 1. The van der Waals surface area contributed by atoms with E-state index in [1.54, 1.807) is 94.8 Å². The van der Waals surface area contributed by atoms with Gasteiger partial charge >= 0.3 is 0 Å². The average molecular weight is 605 g/mol. The van der Waals surface area contributed by atoms with Gasteiger partial charge in [-0.3, -0.25) is 14.2 Å². The van der Waals surface area contributed by atoms with Crippen LogP contribution in [0.5, 0.6) is 0 Å². The van der Waals surface area contributed by atoms with E-state index in [1.807, 2.05) is 0 Å². The van der Waals surface area contributed by atoms with Crippen LogP contribution in [0.2, 0.25) is 5.02 Å². The second kappa shape index (κ2) is 11.2. The summed E-state index contributed by atoms with van der Waals surface area (Å²) < 4.78 is 31.1. The maximum absolute atomic E-state index is 14.2. The first-order valence-corrected chi connectivity index (χ1v) is 15.7. The molecular formula is C30H25ClN4O4S2. The molecule has 0 saturated carbocycles. The van der Waals surface area contributed by atoms with E-state index >= 15 is 0 Å². The van der Waals surface area contributed by atoms with Crippen molar-refractivity contribution in [2.75, 3.05) is 11.4 Å². The van der Waals surface area contributed by atoms with Crippen LogP contribution in [-0.4, -0.2) is 40.8 Å². The van der Waals surface area contributed by atoms with Gasteiger partial charge in [-0.05, 0) is 78.2 Å². The SMILES string of the molecule is O=C1C(N(Cc2cscn2)S(=O)(=O)c2ccc3cc(Cl)ccc3c2)CCCN1c1ccc(-n2ccccc2=O)cc1. The zero-order valence-corrected chi connectivity index (χ0v) is 24.1. The molecule has 6 rings (SSSR count). The van der Waals surface area contributed by atoms with E-state index in [1.165, 1.54) is 26.3 Å². The van der Waals surface area contributed by atoms with Crippen LogP contribution >= 0.6 is 22.9 Å². The van der Waals surface area contributed by atoms with Crippen LogP contribution < -0.4 is 10.5 Å². The van der Waals surface area contributed by atoms with Crippen LogP contribution in [0.4, 0.5) is 5.69 Å². The molecule has 5 aromatic rings. The summed E-state index contributed by atoms with van der Waals surface area (Å²) in [6.07, 6.45) is 2.69. The molecular weight excluding hydrogens is 580 g/mol. The van der Waals surface area contributed by atoms with Gasteiger partial charge < -0.3 is 4.90 Å². The highest BCUT2D eigenvalue weighted by atomic mass is 35.5. The van der Waals surface area contributed by atoms with Crippen molar-refractivity contribution in [3.05, 3.63) is 117 Å². The van der Waals surface area contributed by atoms with Gasteiger partial charge in [-0.2, -0.15) is 4.31 Å². The summed E-state index contributed by atoms with van der Waals surface area (Å²) in [6, 6.07) is 21.3. The molecule has 0 bridgehead atoms. The zero-order valence-electron chi connectivity index (χ0n) is 21.8. The number of benzene rings is 3. The van der Waals surface area contributed by atoms with E-state index < -0.39 is 16.1 Å². The number of rotatable bonds is 7. The third-order valence-electron chi connectivity index (χ3n) is 7.20. The number of amides is 1. The highest BCUT2D eigenvalue weighted by molar-refractivity contribution is 7.89. The molecule has 8 nitrogen and oxygen atoms in total. The molecule has 11 heteroatoms. The predicted octanol–water partition coefficient (Wildman–Crippen LogP) is 5.49. The Morgan fingerprint density at radius 2 is 1.71 bits per heavy atom. The Morgan fingerprint density at radius 1 is 0.951 bits per heavy atom.